The molecule has 0 radical (unpaired) electrons. The Morgan fingerprint density at radius 1 is 1.12 bits per heavy atom. The van der Waals surface area contributed by atoms with Gasteiger partial charge in [0.15, 0.2) is 0 Å². The molecule has 2 heterocycles. The highest BCUT2D eigenvalue weighted by Gasteiger charge is 2.21. The van der Waals surface area contributed by atoms with Crippen molar-refractivity contribution >= 4 is 17.6 Å². The van der Waals surface area contributed by atoms with Crippen LogP contribution in [-0.4, -0.2) is 52.9 Å². The van der Waals surface area contributed by atoms with Gasteiger partial charge in [-0.15, -0.1) is 0 Å². The maximum atomic E-state index is 14.3. The monoisotopic (exact) mass is 441 g/mol. The molecule has 8 heteroatoms. The van der Waals surface area contributed by atoms with E-state index in [-0.39, 0.29) is 18.3 Å². The molecule has 1 aromatic heterocycles. The molecule has 0 bridgehead atoms. The van der Waals surface area contributed by atoms with Crippen LogP contribution in [0.5, 0.6) is 0 Å². The van der Waals surface area contributed by atoms with E-state index in [1.807, 2.05) is 11.8 Å². The predicted octanol–water partition coefficient (Wildman–Crippen LogP) is 3.54. The number of amides is 3. The summed E-state index contributed by atoms with van der Waals surface area (Å²) in [6.45, 7) is 9.76. The van der Waals surface area contributed by atoms with Gasteiger partial charge in [-0.2, -0.15) is 0 Å². The summed E-state index contributed by atoms with van der Waals surface area (Å²) in [6.07, 6.45) is 2.16. The molecular weight excluding hydrogens is 409 g/mol. The molecule has 0 spiro atoms. The SMILES string of the molecule is Cc1ccc(NC(=O)NCc2cc(CN3CCN(C(=O)CC(C)C)CC3)ccc2F)cn1. The summed E-state index contributed by atoms with van der Waals surface area (Å²) in [5, 5.41) is 5.38. The maximum Gasteiger partial charge on any atom is 0.319 e. The van der Waals surface area contributed by atoms with Crippen LogP contribution in [0.3, 0.4) is 0 Å². The van der Waals surface area contributed by atoms with E-state index in [2.05, 4.69) is 34.4 Å². The second-order valence-electron chi connectivity index (χ2n) is 8.68. The Balaban J connectivity index is 1.49. The number of piperazine rings is 1. The minimum absolute atomic E-state index is 0.0856. The lowest BCUT2D eigenvalue weighted by atomic mass is 10.1. The third kappa shape index (κ3) is 7.02. The zero-order chi connectivity index (χ0) is 23.1. The highest BCUT2D eigenvalue weighted by atomic mass is 19.1. The molecule has 3 amide bonds. The summed E-state index contributed by atoms with van der Waals surface area (Å²) >= 11 is 0. The van der Waals surface area contributed by atoms with Gasteiger partial charge in [0.1, 0.15) is 5.82 Å². The van der Waals surface area contributed by atoms with Gasteiger partial charge >= 0.3 is 6.03 Å². The summed E-state index contributed by atoms with van der Waals surface area (Å²) in [6, 6.07) is 8.16. The molecular formula is C24H32FN5O2. The van der Waals surface area contributed by atoms with Crippen molar-refractivity contribution in [3.63, 3.8) is 0 Å². The van der Waals surface area contributed by atoms with Crippen LogP contribution in [0, 0.1) is 18.7 Å². The molecule has 1 fully saturated rings. The fraction of sp³-hybridized carbons (Fsp3) is 0.458. The molecule has 7 nitrogen and oxygen atoms in total. The van der Waals surface area contributed by atoms with Crippen molar-refractivity contribution in [1.82, 2.24) is 20.1 Å². The van der Waals surface area contributed by atoms with Crippen molar-refractivity contribution in [3.8, 4) is 0 Å². The Bertz CT molecular complexity index is 924. The highest BCUT2D eigenvalue weighted by molar-refractivity contribution is 5.88. The van der Waals surface area contributed by atoms with Crippen molar-refractivity contribution in [2.45, 2.75) is 40.3 Å². The van der Waals surface area contributed by atoms with E-state index < -0.39 is 6.03 Å². The normalized spacial score (nSPS) is 14.5. The van der Waals surface area contributed by atoms with Crippen LogP contribution >= 0.6 is 0 Å². The average Bonchev–Trinajstić information content (AvgIpc) is 2.76. The zero-order valence-electron chi connectivity index (χ0n) is 19.0. The lowest BCUT2D eigenvalue weighted by Crippen LogP contribution is -2.48. The summed E-state index contributed by atoms with van der Waals surface area (Å²) < 4.78 is 14.3. The molecule has 2 N–H and O–H groups in total. The first kappa shape index (κ1) is 23.7. The number of aryl methyl sites for hydroxylation is 1. The minimum atomic E-state index is -0.414. The van der Waals surface area contributed by atoms with Crippen molar-refractivity contribution in [2.75, 3.05) is 31.5 Å². The van der Waals surface area contributed by atoms with E-state index in [1.54, 1.807) is 30.5 Å². The number of pyridine rings is 1. The molecule has 0 atom stereocenters. The molecule has 32 heavy (non-hydrogen) atoms. The van der Waals surface area contributed by atoms with E-state index in [9.17, 15) is 14.0 Å². The molecule has 1 aromatic carbocycles. The topological polar surface area (TPSA) is 77.6 Å². The number of benzene rings is 1. The standard InChI is InChI=1S/C24H32FN5O2/c1-17(2)12-23(31)30-10-8-29(9-11-30)16-19-5-7-22(25)20(13-19)14-27-24(32)28-21-6-4-18(3)26-15-21/h4-7,13,15,17H,8-12,14,16H2,1-3H3,(H2,27,28,32). The van der Waals surface area contributed by atoms with Gasteiger partial charge in [0, 0.05) is 56.9 Å². The van der Waals surface area contributed by atoms with E-state index >= 15 is 0 Å². The van der Waals surface area contributed by atoms with Gasteiger partial charge in [-0.3, -0.25) is 14.7 Å². The number of halogens is 1. The highest BCUT2D eigenvalue weighted by Crippen LogP contribution is 2.15. The summed E-state index contributed by atoms with van der Waals surface area (Å²) in [5.41, 5.74) is 2.85. The van der Waals surface area contributed by atoms with E-state index in [0.29, 0.717) is 30.1 Å². The lowest BCUT2D eigenvalue weighted by molar-refractivity contribution is -0.133. The van der Waals surface area contributed by atoms with Crippen molar-refractivity contribution < 1.29 is 14.0 Å². The number of urea groups is 1. The first-order chi connectivity index (χ1) is 15.3. The van der Waals surface area contributed by atoms with Gasteiger partial charge in [0.25, 0.3) is 0 Å². The maximum absolute atomic E-state index is 14.3. The molecule has 2 aromatic rings. The number of anilines is 1. The fourth-order valence-corrected chi connectivity index (χ4v) is 3.65. The predicted molar refractivity (Wildman–Crippen MR) is 123 cm³/mol. The number of aromatic nitrogens is 1. The smallest absolute Gasteiger partial charge is 0.319 e. The fourth-order valence-electron chi connectivity index (χ4n) is 3.65. The van der Waals surface area contributed by atoms with Crippen LogP contribution in [0.1, 0.15) is 37.1 Å². The molecule has 1 saturated heterocycles. The van der Waals surface area contributed by atoms with Gasteiger partial charge in [-0.05, 0) is 42.7 Å². The van der Waals surface area contributed by atoms with Gasteiger partial charge in [-0.25, -0.2) is 9.18 Å². The first-order valence-electron chi connectivity index (χ1n) is 11.0. The Morgan fingerprint density at radius 3 is 2.53 bits per heavy atom. The van der Waals surface area contributed by atoms with Crippen LogP contribution < -0.4 is 10.6 Å². The van der Waals surface area contributed by atoms with Gasteiger partial charge in [0.05, 0.1) is 11.9 Å². The number of nitrogens with one attached hydrogen (secondary N) is 2. The third-order valence-electron chi connectivity index (χ3n) is 5.43. The number of rotatable bonds is 7. The second kappa shape index (κ2) is 11.0. The van der Waals surface area contributed by atoms with Crippen molar-refractivity contribution in [1.29, 1.82) is 0 Å². The summed E-state index contributed by atoms with van der Waals surface area (Å²) in [4.78, 5) is 32.7. The van der Waals surface area contributed by atoms with Crippen LogP contribution in [0.25, 0.3) is 0 Å². The molecule has 3 rings (SSSR count). The minimum Gasteiger partial charge on any atom is -0.340 e. The number of carbonyl (C=O) groups excluding carboxylic acids is 2. The van der Waals surface area contributed by atoms with E-state index in [4.69, 9.17) is 0 Å². The summed E-state index contributed by atoms with van der Waals surface area (Å²) in [5.74, 6) is 0.229. The quantitative estimate of drug-likeness (QED) is 0.689. The Kier molecular flexibility index (Phi) is 8.16. The third-order valence-corrected chi connectivity index (χ3v) is 5.43. The van der Waals surface area contributed by atoms with Gasteiger partial charge < -0.3 is 15.5 Å². The Hall–Kier alpha value is -3.00. The molecule has 0 unspecified atom stereocenters. The number of nitrogens with zero attached hydrogens (tertiary/aromatic N) is 3. The van der Waals surface area contributed by atoms with Gasteiger partial charge in [0.2, 0.25) is 5.91 Å². The van der Waals surface area contributed by atoms with Crippen molar-refractivity contribution in [3.05, 3.63) is 59.2 Å². The van der Waals surface area contributed by atoms with Crippen LogP contribution in [0.15, 0.2) is 36.5 Å². The molecule has 0 saturated carbocycles. The number of hydrogen-bond acceptors (Lipinski definition) is 4. The molecule has 172 valence electrons. The lowest BCUT2D eigenvalue weighted by Gasteiger charge is -2.35. The Morgan fingerprint density at radius 2 is 1.88 bits per heavy atom. The Labute approximate surface area is 189 Å². The van der Waals surface area contributed by atoms with E-state index in [0.717, 1.165) is 37.4 Å². The van der Waals surface area contributed by atoms with Gasteiger partial charge in [-0.1, -0.05) is 19.9 Å². The molecule has 0 aliphatic carbocycles. The van der Waals surface area contributed by atoms with Crippen LogP contribution in [0.2, 0.25) is 0 Å². The number of hydrogen-bond donors (Lipinski definition) is 2. The molecule has 1 aliphatic heterocycles. The molecule has 1 aliphatic rings. The number of carbonyl (C=O) groups is 2. The first-order valence-corrected chi connectivity index (χ1v) is 11.0. The summed E-state index contributed by atoms with van der Waals surface area (Å²) in [7, 11) is 0. The van der Waals surface area contributed by atoms with E-state index in [1.165, 1.54) is 6.07 Å². The largest absolute Gasteiger partial charge is 0.340 e. The zero-order valence-corrected chi connectivity index (χ0v) is 19.0. The van der Waals surface area contributed by atoms with Crippen LogP contribution in [0.4, 0.5) is 14.9 Å². The average molecular weight is 442 g/mol. The second-order valence-corrected chi connectivity index (χ2v) is 8.68. The van der Waals surface area contributed by atoms with Crippen LogP contribution in [-0.2, 0) is 17.9 Å². The van der Waals surface area contributed by atoms with Crippen molar-refractivity contribution in [2.24, 2.45) is 5.92 Å².